The zero-order valence-electron chi connectivity index (χ0n) is 20.6. The van der Waals surface area contributed by atoms with Crippen molar-refractivity contribution in [1.82, 2.24) is 4.57 Å². The molecule has 0 spiro atoms. The molecule has 1 aliphatic rings. The van der Waals surface area contributed by atoms with Crippen LogP contribution in [0.3, 0.4) is 0 Å². The molecule has 0 unspecified atom stereocenters. The van der Waals surface area contributed by atoms with Gasteiger partial charge in [-0.25, -0.2) is 9.79 Å². The summed E-state index contributed by atoms with van der Waals surface area (Å²) in [6, 6.07) is 7.57. The lowest BCUT2D eigenvalue weighted by molar-refractivity contribution is -0.136. The second-order valence-corrected chi connectivity index (χ2v) is 9.22. The van der Waals surface area contributed by atoms with Gasteiger partial charge in [0.2, 0.25) is 0 Å². The standard InChI is InChI=1S/C26H25ClN2O7S/c1-5-35-18-8-7-15(12-19(18)36-6-2)22-16(25(32)34-4)13-28-26-29(22)24(31)21(37-26)11-14-9-17(27)23(30)20(10-14)33-3/h7-13,22,30H,5-6H2,1-4H3/b21-11-/t22-/m1/s1. The fourth-order valence-corrected chi connectivity index (χ4v) is 5.16. The molecule has 3 aromatic rings. The van der Waals surface area contributed by atoms with E-state index < -0.39 is 12.0 Å². The summed E-state index contributed by atoms with van der Waals surface area (Å²) >= 11 is 7.28. The topological polar surface area (TPSA) is 109 Å². The molecule has 2 aromatic carbocycles. The van der Waals surface area contributed by atoms with Crippen LogP contribution in [0.15, 0.2) is 51.9 Å². The lowest BCUT2D eigenvalue weighted by atomic mass is 9.97. The van der Waals surface area contributed by atoms with Gasteiger partial charge in [0.15, 0.2) is 27.8 Å². The predicted molar refractivity (Wildman–Crippen MR) is 140 cm³/mol. The van der Waals surface area contributed by atoms with E-state index in [2.05, 4.69) is 4.99 Å². The zero-order chi connectivity index (χ0) is 26.7. The fourth-order valence-electron chi connectivity index (χ4n) is 3.97. The van der Waals surface area contributed by atoms with E-state index in [-0.39, 0.29) is 27.7 Å². The van der Waals surface area contributed by atoms with Gasteiger partial charge in [-0.3, -0.25) is 9.36 Å². The molecule has 4 rings (SSSR count). The number of phenolic OH excluding ortho intramolecular Hbond substituents is 1. The summed E-state index contributed by atoms with van der Waals surface area (Å²) < 4.78 is 23.4. The van der Waals surface area contributed by atoms with Gasteiger partial charge >= 0.3 is 5.97 Å². The van der Waals surface area contributed by atoms with Crippen LogP contribution in [-0.4, -0.2) is 43.1 Å². The van der Waals surface area contributed by atoms with E-state index in [9.17, 15) is 14.7 Å². The van der Waals surface area contributed by atoms with Crippen LogP contribution in [0.5, 0.6) is 23.0 Å². The van der Waals surface area contributed by atoms with Crippen LogP contribution in [0.4, 0.5) is 0 Å². The van der Waals surface area contributed by atoms with Gasteiger partial charge in [0.1, 0.15) is 0 Å². The molecule has 0 fully saturated rings. The van der Waals surface area contributed by atoms with E-state index >= 15 is 0 Å². The van der Waals surface area contributed by atoms with E-state index in [0.717, 1.165) is 11.3 Å². The number of halogens is 1. The van der Waals surface area contributed by atoms with Gasteiger partial charge in [-0.05, 0) is 55.3 Å². The van der Waals surface area contributed by atoms with Crippen LogP contribution in [0.25, 0.3) is 6.08 Å². The predicted octanol–water partition coefficient (Wildman–Crippen LogP) is 3.18. The van der Waals surface area contributed by atoms with Crippen LogP contribution in [0, 0.1) is 0 Å². The monoisotopic (exact) mass is 544 g/mol. The van der Waals surface area contributed by atoms with Crippen molar-refractivity contribution in [1.29, 1.82) is 0 Å². The highest BCUT2D eigenvalue weighted by Crippen LogP contribution is 2.36. The van der Waals surface area contributed by atoms with Crippen LogP contribution in [-0.2, 0) is 9.53 Å². The van der Waals surface area contributed by atoms with Crippen molar-refractivity contribution in [2.24, 2.45) is 4.99 Å². The Morgan fingerprint density at radius 1 is 1.14 bits per heavy atom. The first-order valence-electron chi connectivity index (χ1n) is 11.4. The number of aromatic nitrogens is 1. The molecule has 11 heteroatoms. The van der Waals surface area contributed by atoms with Crippen LogP contribution in [0.1, 0.15) is 31.0 Å². The summed E-state index contributed by atoms with van der Waals surface area (Å²) in [6.45, 7) is 4.59. The number of nitrogens with zero attached hydrogens (tertiary/aromatic N) is 2. The maximum atomic E-state index is 13.7. The lowest BCUT2D eigenvalue weighted by Crippen LogP contribution is -2.39. The Kier molecular flexibility index (Phi) is 7.89. The van der Waals surface area contributed by atoms with Crippen molar-refractivity contribution in [3.63, 3.8) is 0 Å². The summed E-state index contributed by atoms with van der Waals surface area (Å²) in [5.41, 5.74) is 1.01. The van der Waals surface area contributed by atoms with Crippen LogP contribution >= 0.6 is 22.9 Å². The van der Waals surface area contributed by atoms with Crippen LogP contribution < -0.4 is 29.1 Å². The second-order valence-electron chi connectivity index (χ2n) is 7.80. The summed E-state index contributed by atoms with van der Waals surface area (Å²) in [5.74, 6) is 0.435. The average Bonchev–Trinajstić information content (AvgIpc) is 3.21. The second kappa shape index (κ2) is 11.1. The van der Waals surface area contributed by atoms with Crippen molar-refractivity contribution in [3.05, 3.63) is 77.9 Å². The van der Waals surface area contributed by atoms with Crippen molar-refractivity contribution in [2.45, 2.75) is 19.9 Å². The molecule has 0 saturated carbocycles. The Morgan fingerprint density at radius 3 is 2.54 bits per heavy atom. The number of aromatic hydroxyl groups is 1. The molecule has 0 radical (unpaired) electrons. The Bertz CT molecular complexity index is 1560. The molecule has 1 aliphatic heterocycles. The van der Waals surface area contributed by atoms with Gasteiger partial charge in [0.25, 0.3) is 5.56 Å². The number of fused-ring (bicyclic) bond motifs is 1. The number of hydrogen-bond acceptors (Lipinski definition) is 9. The number of esters is 1. The number of thiazole rings is 1. The number of benzene rings is 2. The first-order valence-corrected chi connectivity index (χ1v) is 12.6. The van der Waals surface area contributed by atoms with Gasteiger partial charge in [-0.2, -0.15) is 0 Å². The van der Waals surface area contributed by atoms with E-state index in [1.54, 1.807) is 30.3 Å². The van der Waals surface area contributed by atoms with E-state index in [0.29, 0.717) is 45.2 Å². The maximum Gasteiger partial charge on any atom is 0.337 e. The first kappa shape index (κ1) is 26.3. The number of methoxy groups -OCH3 is 2. The summed E-state index contributed by atoms with van der Waals surface area (Å²) in [6.07, 6.45) is 3.04. The highest BCUT2D eigenvalue weighted by atomic mass is 35.5. The Balaban J connectivity index is 1.91. The highest BCUT2D eigenvalue weighted by Gasteiger charge is 2.31. The molecule has 194 valence electrons. The maximum absolute atomic E-state index is 13.7. The number of ether oxygens (including phenoxy) is 4. The minimum absolute atomic E-state index is 0.0853. The molecule has 0 saturated heterocycles. The zero-order valence-corrected chi connectivity index (χ0v) is 22.2. The highest BCUT2D eigenvalue weighted by molar-refractivity contribution is 7.07. The van der Waals surface area contributed by atoms with Gasteiger partial charge in [-0.15, -0.1) is 0 Å². The average molecular weight is 545 g/mol. The van der Waals surface area contributed by atoms with E-state index in [1.165, 1.54) is 31.1 Å². The first-order chi connectivity index (χ1) is 17.8. The smallest absolute Gasteiger partial charge is 0.337 e. The third-order valence-corrected chi connectivity index (χ3v) is 6.86. The molecule has 0 amide bonds. The molecule has 0 bridgehead atoms. The SMILES string of the molecule is CCOc1ccc([C@@H]2C(C(=O)OC)=CN=c3s/c(=C\c4cc(Cl)c(O)c(OC)c4)c(=O)n32)cc1OCC. The lowest BCUT2D eigenvalue weighted by Gasteiger charge is -2.23. The van der Waals surface area contributed by atoms with E-state index in [4.69, 9.17) is 30.5 Å². The van der Waals surface area contributed by atoms with Gasteiger partial charge < -0.3 is 24.1 Å². The number of rotatable bonds is 8. The largest absolute Gasteiger partial charge is 0.503 e. The molecule has 1 aromatic heterocycles. The van der Waals surface area contributed by atoms with Gasteiger partial charge in [-0.1, -0.05) is 29.0 Å². The fraction of sp³-hybridized carbons (Fsp3) is 0.269. The molecule has 1 N–H and O–H groups in total. The van der Waals surface area contributed by atoms with Crippen LogP contribution in [0.2, 0.25) is 5.02 Å². The number of carbonyl (C=O) groups excluding carboxylic acids is 1. The normalized spacial score (nSPS) is 14.9. The molecule has 1 atom stereocenters. The van der Waals surface area contributed by atoms with Crippen molar-refractivity contribution in [2.75, 3.05) is 27.4 Å². The van der Waals surface area contributed by atoms with Gasteiger partial charge in [0, 0.05) is 6.20 Å². The minimum atomic E-state index is -0.807. The molecular weight excluding hydrogens is 520 g/mol. The number of hydrogen-bond donors (Lipinski definition) is 1. The third-order valence-electron chi connectivity index (χ3n) is 5.58. The molecule has 2 heterocycles. The van der Waals surface area contributed by atoms with E-state index in [1.807, 2.05) is 13.8 Å². The third kappa shape index (κ3) is 5.07. The molecule has 37 heavy (non-hydrogen) atoms. The Hall–Kier alpha value is -3.76. The molecule has 9 nitrogen and oxygen atoms in total. The quantitative estimate of drug-likeness (QED) is 0.434. The van der Waals surface area contributed by atoms with Crippen molar-refractivity contribution < 1.29 is 28.8 Å². The Labute approximate surface area is 221 Å². The number of phenols is 1. The summed E-state index contributed by atoms with van der Waals surface area (Å²) in [7, 11) is 2.68. The Morgan fingerprint density at radius 2 is 1.86 bits per heavy atom. The van der Waals surface area contributed by atoms with Gasteiger partial charge in [0.05, 0.1) is 48.6 Å². The summed E-state index contributed by atoms with van der Waals surface area (Å²) in [5, 5.41) is 10.1. The minimum Gasteiger partial charge on any atom is -0.503 e. The van der Waals surface area contributed by atoms with Crippen molar-refractivity contribution in [3.8, 4) is 23.0 Å². The number of carbonyl (C=O) groups is 1. The molecular formula is C26H25ClN2O7S. The summed E-state index contributed by atoms with van der Waals surface area (Å²) in [4.78, 5) is 31.2. The van der Waals surface area contributed by atoms with Crippen molar-refractivity contribution >= 4 is 35.0 Å². The molecule has 0 aliphatic carbocycles.